The van der Waals surface area contributed by atoms with E-state index in [0.29, 0.717) is 5.16 Å². The molecule has 0 unspecified atom stereocenters. The molecule has 0 saturated heterocycles. The van der Waals surface area contributed by atoms with E-state index in [1.807, 2.05) is 54.6 Å². The SMILES string of the molecule is O=C(CSc1nc2sc3c(c2c(=O)n1-c1ccccc1)CCCC3)Nc1ccc(Br)cc1. The summed E-state index contributed by atoms with van der Waals surface area (Å²) in [5.74, 6) is 0.0168. The van der Waals surface area contributed by atoms with Crippen molar-refractivity contribution in [1.82, 2.24) is 9.55 Å². The van der Waals surface area contributed by atoms with Gasteiger partial charge < -0.3 is 5.32 Å². The van der Waals surface area contributed by atoms with Gasteiger partial charge in [-0.2, -0.15) is 0 Å². The zero-order valence-electron chi connectivity index (χ0n) is 17.1. The van der Waals surface area contributed by atoms with Crippen molar-refractivity contribution in [1.29, 1.82) is 0 Å². The standard InChI is InChI=1S/C24H20BrN3O2S2/c25-15-10-12-16(13-11-15)26-20(29)14-31-24-27-22-21(18-8-4-5-9-19(18)32-22)23(30)28(24)17-6-2-1-3-7-17/h1-3,6-7,10-13H,4-5,8-9,14H2,(H,26,29). The summed E-state index contributed by atoms with van der Waals surface area (Å²) in [4.78, 5) is 33.2. The number of carbonyl (C=O) groups excluding carboxylic acids is 1. The maximum Gasteiger partial charge on any atom is 0.267 e. The molecule has 0 aliphatic heterocycles. The van der Waals surface area contributed by atoms with Crippen LogP contribution < -0.4 is 10.9 Å². The number of hydrogen-bond donors (Lipinski definition) is 1. The molecule has 4 aromatic rings. The molecular weight excluding hydrogens is 506 g/mol. The second kappa shape index (κ2) is 9.21. The minimum absolute atomic E-state index is 0.0450. The highest BCUT2D eigenvalue weighted by Gasteiger charge is 2.23. The van der Waals surface area contributed by atoms with E-state index in [0.717, 1.165) is 51.7 Å². The Balaban J connectivity index is 1.50. The average Bonchev–Trinajstić information content (AvgIpc) is 3.18. The van der Waals surface area contributed by atoms with Gasteiger partial charge in [0.1, 0.15) is 4.83 Å². The number of para-hydroxylation sites is 1. The van der Waals surface area contributed by atoms with Gasteiger partial charge in [-0.05, 0) is 67.6 Å². The van der Waals surface area contributed by atoms with E-state index in [2.05, 4.69) is 21.2 Å². The van der Waals surface area contributed by atoms with Crippen molar-refractivity contribution >= 4 is 60.8 Å². The number of nitrogens with zero attached hydrogens (tertiary/aromatic N) is 2. The second-order valence-electron chi connectivity index (χ2n) is 7.61. The Hall–Kier alpha value is -2.42. The Morgan fingerprint density at radius 1 is 1.09 bits per heavy atom. The Bertz CT molecular complexity index is 1350. The summed E-state index contributed by atoms with van der Waals surface area (Å²) < 4.78 is 2.61. The van der Waals surface area contributed by atoms with Crippen molar-refractivity contribution < 1.29 is 4.79 Å². The number of rotatable bonds is 5. The van der Waals surface area contributed by atoms with Gasteiger partial charge in [-0.1, -0.05) is 45.9 Å². The predicted octanol–water partition coefficient (Wildman–Crippen LogP) is 5.82. The van der Waals surface area contributed by atoms with Crippen LogP contribution in [0.25, 0.3) is 15.9 Å². The third-order valence-corrected chi connectivity index (χ3v) is 8.09. The summed E-state index contributed by atoms with van der Waals surface area (Å²) in [5, 5.41) is 4.18. The molecular formula is C24H20BrN3O2S2. The number of aryl methyl sites for hydroxylation is 2. The summed E-state index contributed by atoms with van der Waals surface area (Å²) in [6.45, 7) is 0. The molecule has 5 rings (SSSR count). The van der Waals surface area contributed by atoms with Crippen molar-refractivity contribution in [2.75, 3.05) is 11.1 Å². The fourth-order valence-corrected chi connectivity index (χ4v) is 6.33. The first-order valence-corrected chi connectivity index (χ1v) is 13.0. The number of halogens is 1. The molecule has 1 aliphatic rings. The summed E-state index contributed by atoms with van der Waals surface area (Å²) >= 11 is 6.31. The zero-order valence-corrected chi connectivity index (χ0v) is 20.4. The number of hydrogen-bond acceptors (Lipinski definition) is 5. The largest absolute Gasteiger partial charge is 0.325 e. The van der Waals surface area contributed by atoms with Crippen LogP contribution in [0, 0.1) is 0 Å². The number of thioether (sulfide) groups is 1. The number of carbonyl (C=O) groups is 1. The fraction of sp³-hybridized carbons (Fsp3) is 0.208. The lowest BCUT2D eigenvalue weighted by atomic mass is 9.97. The summed E-state index contributed by atoms with van der Waals surface area (Å²) in [7, 11) is 0. The average molecular weight is 526 g/mol. The van der Waals surface area contributed by atoms with Crippen LogP contribution in [0.4, 0.5) is 5.69 Å². The van der Waals surface area contributed by atoms with Crippen LogP contribution in [0.2, 0.25) is 0 Å². The summed E-state index contributed by atoms with van der Waals surface area (Å²) in [5.41, 5.74) is 2.62. The van der Waals surface area contributed by atoms with Crippen LogP contribution in [-0.4, -0.2) is 21.2 Å². The molecule has 8 heteroatoms. The molecule has 0 saturated carbocycles. The van der Waals surface area contributed by atoms with E-state index in [1.54, 1.807) is 15.9 Å². The third-order valence-electron chi connectivity index (χ3n) is 5.43. The highest BCUT2D eigenvalue weighted by Crippen LogP contribution is 2.35. The number of thiophene rings is 1. The molecule has 0 radical (unpaired) electrons. The molecule has 5 nitrogen and oxygen atoms in total. The molecule has 2 aromatic carbocycles. The van der Waals surface area contributed by atoms with Gasteiger partial charge in [-0.25, -0.2) is 4.98 Å². The third kappa shape index (κ3) is 4.27. The molecule has 162 valence electrons. The number of aromatic nitrogens is 2. The molecule has 2 heterocycles. The topological polar surface area (TPSA) is 64.0 Å². The van der Waals surface area contributed by atoms with Gasteiger partial charge >= 0.3 is 0 Å². The molecule has 1 amide bonds. The molecule has 2 aromatic heterocycles. The van der Waals surface area contributed by atoms with Crippen molar-refractivity contribution in [2.24, 2.45) is 0 Å². The molecule has 1 aliphatic carbocycles. The maximum absolute atomic E-state index is 13.7. The molecule has 1 N–H and O–H groups in total. The van der Waals surface area contributed by atoms with Crippen molar-refractivity contribution in [3.63, 3.8) is 0 Å². The van der Waals surface area contributed by atoms with Crippen LogP contribution in [-0.2, 0) is 17.6 Å². The first-order chi connectivity index (χ1) is 15.6. The van der Waals surface area contributed by atoms with Gasteiger partial charge in [0.25, 0.3) is 5.56 Å². The number of fused-ring (bicyclic) bond motifs is 3. The highest BCUT2D eigenvalue weighted by atomic mass is 79.9. The van der Waals surface area contributed by atoms with Gasteiger partial charge in [-0.15, -0.1) is 11.3 Å². The van der Waals surface area contributed by atoms with Crippen LogP contribution in [0.1, 0.15) is 23.3 Å². The van der Waals surface area contributed by atoms with Crippen LogP contribution >= 0.6 is 39.0 Å². The number of amides is 1. The lowest BCUT2D eigenvalue weighted by Gasteiger charge is -2.13. The highest BCUT2D eigenvalue weighted by molar-refractivity contribution is 9.10. The van der Waals surface area contributed by atoms with E-state index in [9.17, 15) is 9.59 Å². The molecule has 0 bridgehead atoms. The van der Waals surface area contributed by atoms with Gasteiger partial charge in [0.05, 0.1) is 16.8 Å². The normalized spacial score (nSPS) is 13.2. The van der Waals surface area contributed by atoms with E-state index in [1.165, 1.54) is 22.2 Å². The Labute approximate surface area is 202 Å². The monoisotopic (exact) mass is 525 g/mol. The van der Waals surface area contributed by atoms with Gasteiger partial charge in [0.15, 0.2) is 5.16 Å². The summed E-state index contributed by atoms with van der Waals surface area (Å²) in [6.07, 6.45) is 4.21. The Morgan fingerprint density at radius 2 is 1.84 bits per heavy atom. The predicted molar refractivity (Wildman–Crippen MR) is 135 cm³/mol. The van der Waals surface area contributed by atoms with Gasteiger partial charge in [0, 0.05) is 15.0 Å². The second-order valence-corrected chi connectivity index (χ2v) is 10.5. The maximum atomic E-state index is 13.7. The molecule has 0 spiro atoms. The van der Waals surface area contributed by atoms with Gasteiger partial charge in [0.2, 0.25) is 5.91 Å². The fourth-order valence-electron chi connectivity index (χ4n) is 3.95. The number of benzene rings is 2. The van der Waals surface area contributed by atoms with E-state index < -0.39 is 0 Å². The van der Waals surface area contributed by atoms with Crippen molar-refractivity contribution in [2.45, 2.75) is 30.8 Å². The minimum atomic E-state index is -0.142. The summed E-state index contributed by atoms with van der Waals surface area (Å²) in [6, 6.07) is 17.0. The van der Waals surface area contributed by atoms with Crippen LogP contribution in [0.3, 0.4) is 0 Å². The van der Waals surface area contributed by atoms with Crippen LogP contribution in [0.15, 0.2) is 69.0 Å². The first-order valence-electron chi connectivity index (χ1n) is 10.4. The quantitative estimate of drug-likeness (QED) is 0.263. The van der Waals surface area contributed by atoms with Crippen LogP contribution in [0.5, 0.6) is 0 Å². The van der Waals surface area contributed by atoms with E-state index >= 15 is 0 Å². The molecule has 32 heavy (non-hydrogen) atoms. The lowest BCUT2D eigenvalue weighted by molar-refractivity contribution is -0.113. The van der Waals surface area contributed by atoms with Crippen molar-refractivity contribution in [3.05, 3.63) is 79.9 Å². The number of nitrogens with one attached hydrogen (secondary N) is 1. The van der Waals surface area contributed by atoms with E-state index in [4.69, 9.17) is 4.98 Å². The minimum Gasteiger partial charge on any atom is -0.325 e. The lowest BCUT2D eigenvalue weighted by Crippen LogP contribution is -2.23. The van der Waals surface area contributed by atoms with Gasteiger partial charge in [-0.3, -0.25) is 14.2 Å². The zero-order chi connectivity index (χ0) is 22.1. The van der Waals surface area contributed by atoms with Crippen molar-refractivity contribution in [3.8, 4) is 5.69 Å². The Morgan fingerprint density at radius 3 is 2.62 bits per heavy atom. The first kappa shape index (κ1) is 21.4. The van der Waals surface area contributed by atoms with E-state index in [-0.39, 0.29) is 17.2 Å². The Kier molecular flexibility index (Phi) is 6.17. The molecule has 0 atom stereocenters. The number of anilines is 1. The smallest absolute Gasteiger partial charge is 0.267 e. The molecule has 0 fully saturated rings.